The van der Waals surface area contributed by atoms with Crippen LogP contribution in [0.1, 0.15) is 42.9 Å². The van der Waals surface area contributed by atoms with E-state index in [4.69, 9.17) is 4.74 Å². The Bertz CT molecular complexity index is 1490. The van der Waals surface area contributed by atoms with Crippen LogP contribution >= 0.6 is 0 Å². The van der Waals surface area contributed by atoms with Crippen molar-refractivity contribution in [2.24, 2.45) is 5.92 Å². The molecule has 0 aliphatic carbocycles. The summed E-state index contributed by atoms with van der Waals surface area (Å²) < 4.78 is 8.45. The van der Waals surface area contributed by atoms with Gasteiger partial charge < -0.3 is 14.6 Å². The number of para-hydroxylation sites is 2. The molecule has 0 aliphatic rings. The predicted octanol–water partition coefficient (Wildman–Crippen LogP) is 7.78. The van der Waals surface area contributed by atoms with Crippen LogP contribution in [0.15, 0.2) is 115 Å². The van der Waals surface area contributed by atoms with Gasteiger partial charge >= 0.3 is 0 Å². The first-order chi connectivity index (χ1) is 18.6. The highest BCUT2D eigenvalue weighted by Crippen LogP contribution is 2.37. The Kier molecular flexibility index (Phi) is 7.89. The summed E-state index contributed by atoms with van der Waals surface area (Å²) in [6, 6.07) is 36.9. The van der Waals surface area contributed by atoms with Gasteiger partial charge in [-0.1, -0.05) is 92.7 Å². The molecule has 1 atom stereocenters. The molecular formula is C34H34N2O2. The molecule has 0 saturated carbocycles. The number of nitrogens with zero attached hydrogens (tertiary/aromatic N) is 1. The number of ether oxygens (including phenoxy) is 1. The van der Waals surface area contributed by atoms with Crippen molar-refractivity contribution in [1.82, 2.24) is 9.88 Å². The number of carbonyl (C=O) groups excluding carboxylic acids is 1. The fourth-order valence-corrected chi connectivity index (χ4v) is 4.87. The Morgan fingerprint density at radius 1 is 0.816 bits per heavy atom. The zero-order valence-corrected chi connectivity index (χ0v) is 22.0. The van der Waals surface area contributed by atoms with Crippen LogP contribution in [-0.2, 0) is 11.3 Å². The fraction of sp³-hybridized carbons (Fsp3) is 0.206. The maximum atomic E-state index is 13.2. The molecule has 4 nitrogen and oxygen atoms in total. The Labute approximate surface area is 224 Å². The molecule has 0 fully saturated rings. The third kappa shape index (κ3) is 6.15. The Hall–Kier alpha value is -4.31. The molecule has 4 heteroatoms. The van der Waals surface area contributed by atoms with Gasteiger partial charge in [0.25, 0.3) is 0 Å². The van der Waals surface area contributed by atoms with Crippen molar-refractivity contribution in [2.75, 3.05) is 6.54 Å². The Morgan fingerprint density at radius 2 is 1.50 bits per heavy atom. The maximum absolute atomic E-state index is 13.2. The summed E-state index contributed by atoms with van der Waals surface area (Å²) in [6.45, 7) is 5.65. The van der Waals surface area contributed by atoms with Crippen LogP contribution in [0.2, 0.25) is 0 Å². The number of rotatable bonds is 10. The molecule has 1 N–H and O–H groups in total. The number of benzene rings is 4. The van der Waals surface area contributed by atoms with Gasteiger partial charge in [0.1, 0.15) is 11.5 Å². The third-order valence-electron chi connectivity index (χ3n) is 6.73. The number of hydrogen-bond donors (Lipinski definition) is 1. The predicted molar refractivity (Wildman–Crippen MR) is 155 cm³/mol. The molecule has 0 unspecified atom stereocenters. The van der Waals surface area contributed by atoms with Crippen molar-refractivity contribution in [2.45, 2.75) is 32.7 Å². The zero-order valence-electron chi connectivity index (χ0n) is 22.0. The minimum absolute atomic E-state index is 0.0537. The quantitative estimate of drug-likeness (QED) is 0.212. The molecule has 38 heavy (non-hydrogen) atoms. The van der Waals surface area contributed by atoms with Gasteiger partial charge in [0.05, 0.1) is 0 Å². The second-order valence-corrected chi connectivity index (χ2v) is 10.2. The first-order valence-corrected chi connectivity index (χ1v) is 13.3. The maximum Gasteiger partial charge on any atom is 0.220 e. The molecule has 0 spiro atoms. The summed E-state index contributed by atoms with van der Waals surface area (Å²) in [5.74, 6) is 1.87. The van der Waals surface area contributed by atoms with E-state index in [2.05, 4.69) is 90.6 Å². The minimum Gasteiger partial charge on any atom is -0.457 e. The van der Waals surface area contributed by atoms with Gasteiger partial charge in [-0.2, -0.15) is 0 Å². The molecule has 192 valence electrons. The molecule has 5 aromatic rings. The summed E-state index contributed by atoms with van der Waals surface area (Å²) in [6.07, 6.45) is 2.59. The van der Waals surface area contributed by atoms with Crippen molar-refractivity contribution in [1.29, 1.82) is 0 Å². The SMILES string of the molecule is CC(C)CNC(=O)C[C@@H](c1cccc(Oc2ccccc2)c1)c1cn(Cc2ccccc2)c2ccccc12. The molecule has 0 radical (unpaired) electrons. The average molecular weight is 503 g/mol. The second-order valence-electron chi connectivity index (χ2n) is 10.2. The normalized spacial score (nSPS) is 12.0. The van der Waals surface area contributed by atoms with Crippen molar-refractivity contribution in [3.05, 3.63) is 132 Å². The van der Waals surface area contributed by atoms with E-state index in [0.717, 1.165) is 34.7 Å². The zero-order chi connectivity index (χ0) is 26.3. The third-order valence-corrected chi connectivity index (χ3v) is 6.73. The fourth-order valence-electron chi connectivity index (χ4n) is 4.87. The molecule has 1 heterocycles. The monoisotopic (exact) mass is 502 g/mol. The lowest BCUT2D eigenvalue weighted by atomic mass is 9.88. The largest absolute Gasteiger partial charge is 0.457 e. The van der Waals surface area contributed by atoms with Crippen molar-refractivity contribution in [3.8, 4) is 11.5 Å². The van der Waals surface area contributed by atoms with Crippen LogP contribution in [0.5, 0.6) is 11.5 Å². The lowest BCUT2D eigenvalue weighted by molar-refractivity contribution is -0.121. The summed E-state index contributed by atoms with van der Waals surface area (Å²) in [5, 5.41) is 4.29. The van der Waals surface area contributed by atoms with E-state index >= 15 is 0 Å². The Morgan fingerprint density at radius 3 is 2.26 bits per heavy atom. The van der Waals surface area contributed by atoms with Crippen LogP contribution < -0.4 is 10.1 Å². The van der Waals surface area contributed by atoms with Crippen molar-refractivity contribution in [3.63, 3.8) is 0 Å². The standard InChI is InChI=1S/C34H34N2O2/c1-25(2)22-35-34(37)21-31(27-14-11-17-29(20-27)38-28-15-7-4-8-16-28)32-24-36(23-26-12-5-3-6-13-26)33-19-10-9-18-30(32)33/h3-20,24-25,31H,21-23H2,1-2H3,(H,35,37)/t31-/m0/s1. The van der Waals surface area contributed by atoms with E-state index in [1.807, 2.05) is 48.5 Å². The summed E-state index contributed by atoms with van der Waals surface area (Å²) in [7, 11) is 0. The van der Waals surface area contributed by atoms with Gasteiger partial charge in [-0.05, 0) is 52.9 Å². The van der Waals surface area contributed by atoms with E-state index in [9.17, 15) is 4.79 Å². The summed E-state index contributed by atoms with van der Waals surface area (Å²) >= 11 is 0. The van der Waals surface area contributed by atoms with E-state index in [-0.39, 0.29) is 11.8 Å². The molecule has 0 aliphatic heterocycles. The molecule has 0 bridgehead atoms. The Balaban J connectivity index is 1.54. The topological polar surface area (TPSA) is 43.3 Å². The summed E-state index contributed by atoms with van der Waals surface area (Å²) in [5.41, 5.74) is 4.61. The van der Waals surface area contributed by atoms with Gasteiger partial charge in [-0.15, -0.1) is 0 Å². The number of aromatic nitrogens is 1. The number of carbonyl (C=O) groups is 1. The first-order valence-electron chi connectivity index (χ1n) is 13.3. The van der Waals surface area contributed by atoms with Crippen LogP contribution in [0.4, 0.5) is 0 Å². The van der Waals surface area contributed by atoms with Crippen LogP contribution in [-0.4, -0.2) is 17.0 Å². The van der Waals surface area contributed by atoms with Gasteiger partial charge in [-0.3, -0.25) is 4.79 Å². The molecule has 0 saturated heterocycles. The highest BCUT2D eigenvalue weighted by Gasteiger charge is 2.23. The molecule has 4 aromatic carbocycles. The lowest BCUT2D eigenvalue weighted by Gasteiger charge is -2.19. The van der Waals surface area contributed by atoms with E-state index in [1.165, 1.54) is 10.9 Å². The molecule has 5 rings (SSSR count). The highest BCUT2D eigenvalue weighted by atomic mass is 16.5. The van der Waals surface area contributed by atoms with Gasteiger partial charge in [0, 0.05) is 42.5 Å². The van der Waals surface area contributed by atoms with Crippen LogP contribution in [0.3, 0.4) is 0 Å². The second kappa shape index (κ2) is 11.8. The van der Waals surface area contributed by atoms with Crippen molar-refractivity contribution >= 4 is 16.8 Å². The molecular weight excluding hydrogens is 468 g/mol. The smallest absolute Gasteiger partial charge is 0.220 e. The van der Waals surface area contributed by atoms with Gasteiger partial charge in [-0.25, -0.2) is 0 Å². The van der Waals surface area contributed by atoms with Crippen LogP contribution in [0, 0.1) is 5.92 Å². The van der Waals surface area contributed by atoms with Crippen LogP contribution in [0.25, 0.3) is 10.9 Å². The highest BCUT2D eigenvalue weighted by molar-refractivity contribution is 5.87. The molecule has 1 aromatic heterocycles. The van der Waals surface area contributed by atoms with E-state index < -0.39 is 0 Å². The number of nitrogens with one attached hydrogen (secondary N) is 1. The van der Waals surface area contributed by atoms with Gasteiger partial charge in [0.2, 0.25) is 5.91 Å². The molecule has 1 amide bonds. The number of amides is 1. The van der Waals surface area contributed by atoms with Crippen molar-refractivity contribution < 1.29 is 9.53 Å². The lowest BCUT2D eigenvalue weighted by Crippen LogP contribution is -2.28. The minimum atomic E-state index is -0.122. The van der Waals surface area contributed by atoms with E-state index in [0.29, 0.717) is 18.9 Å². The summed E-state index contributed by atoms with van der Waals surface area (Å²) in [4.78, 5) is 13.2. The number of hydrogen-bond acceptors (Lipinski definition) is 2. The average Bonchev–Trinajstić information content (AvgIpc) is 3.30. The number of fused-ring (bicyclic) bond motifs is 1. The van der Waals surface area contributed by atoms with E-state index in [1.54, 1.807) is 0 Å². The van der Waals surface area contributed by atoms with Gasteiger partial charge in [0.15, 0.2) is 0 Å². The first kappa shape index (κ1) is 25.3.